The lowest BCUT2D eigenvalue weighted by Crippen LogP contribution is -2.49. The molecule has 6 nitrogen and oxygen atoms in total. The van der Waals surface area contributed by atoms with Crippen molar-refractivity contribution in [2.75, 3.05) is 37.3 Å². The van der Waals surface area contributed by atoms with Crippen LogP contribution in [0.15, 0.2) is 47.4 Å². The summed E-state index contributed by atoms with van der Waals surface area (Å²) in [6.07, 6.45) is 1.64. The third-order valence-corrected chi connectivity index (χ3v) is 7.87. The van der Waals surface area contributed by atoms with Gasteiger partial charge in [-0.25, -0.2) is 13.4 Å². The minimum atomic E-state index is -3.24. The van der Waals surface area contributed by atoms with E-state index in [-0.39, 0.29) is 5.91 Å². The highest BCUT2D eigenvalue weighted by atomic mass is 32.2. The third kappa shape index (κ3) is 4.91. The Morgan fingerprint density at radius 3 is 2.35 bits per heavy atom. The Balaban J connectivity index is 1.38. The second kappa shape index (κ2) is 8.59. The Labute approximate surface area is 187 Å². The molecule has 0 radical (unpaired) electrons. The van der Waals surface area contributed by atoms with E-state index < -0.39 is 9.84 Å². The number of carbonyl (C=O) groups excluding carboxylic acids is 1. The first-order chi connectivity index (χ1) is 14.7. The van der Waals surface area contributed by atoms with Crippen LogP contribution in [0.3, 0.4) is 0 Å². The summed E-state index contributed by atoms with van der Waals surface area (Å²) in [6, 6.07) is 13.4. The molecule has 0 N–H and O–H groups in total. The van der Waals surface area contributed by atoms with Crippen molar-refractivity contribution < 1.29 is 13.2 Å². The van der Waals surface area contributed by atoms with Crippen LogP contribution in [-0.4, -0.2) is 56.6 Å². The Morgan fingerprint density at radius 2 is 1.74 bits per heavy atom. The normalized spacial score (nSPS) is 15.1. The molecule has 1 aromatic heterocycles. The van der Waals surface area contributed by atoms with Gasteiger partial charge in [-0.2, -0.15) is 0 Å². The van der Waals surface area contributed by atoms with Crippen LogP contribution in [-0.2, 0) is 21.1 Å². The molecule has 1 saturated heterocycles. The molecule has 0 spiro atoms. The standard InChI is InChI=1S/C23H27N3O3S2/c1-16(2)18-6-4-17(5-7-18)14-22(27)25-10-12-26(13-11-25)23-24-20-9-8-19(31(3,28)29)15-21(20)30-23/h4-9,15-16H,10-14H2,1-3H3. The zero-order valence-electron chi connectivity index (χ0n) is 18.0. The molecule has 0 unspecified atom stereocenters. The lowest BCUT2D eigenvalue weighted by Gasteiger charge is -2.34. The van der Waals surface area contributed by atoms with Crippen LogP contribution in [0.4, 0.5) is 5.13 Å². The molecule has 31 heavy (non-hydrogen) atoms. The Morgan fingerprint density at radius 1 is 1.06 bits per heavy atom. The molecule has 0 bridgehead atoms. The monoisotopic (exact) mass is 457 g/mol. The van der Waals surface area contributed by atoms with E-state index >= 15 is 0 Å². The zero-order chi connectivity index (χ0) is 22.2. The van der Waals surface area contributed by atoms with Gasteiger partial charge in [-0.3, -0.25) is 4.79 Å². The number of amides is 1. The van der Waals surface area contributed by atoms with Crippen LogP contribution >= 0.6 is 11.3 Å². The van der Waals surface area contributed by atoms with E-state index in [2.05, 4.69) is 48.0 Å². The molecular weight excluding hydrogens is 430 g/mol. The van der Waals surface area contributed by atoms with Gasteiger partial charge in [0.1, 0.15) is 0 Å². The fourth-order valence-electron chi connectivity index (χ4n) is 3.71. The summed E-state index contributed by atoms with van der Waals surface area (Å²) >= 11 is 1.50. The summed E-state index contributed by atoms with van der Waals surface area (Å²) in [6.45, 7) is 7.08. The molecule has 4 rings (SSSR count). The third-order valence-electron chi connectivity index (χ3n) is 5.68. The highest BCUT2D eigenvalue weighted by Crippen LogP contribution is 2.31. The minimum Gasteiger partial charge on any atom is -0.345 e. The van der Waals surface area contributed by atoms with Crippen LogP contribution in [0.5, 0.6) is 0 Å². The number of carbonyl (C=O) groups is 1. The molecule has 2 aromatic carbocycles. The molecule has 1 fully saturated rings. The SMILES string of the molecule is CC(C)c1ccc(CC(=O)N2CCN(c3nc4ccc(S(C)(=O)=O)cc4s3)CC2)cc1. The summed E-state index contributed by atoms with van der Waals surface area (Å²) in [5.41, 5.74) is 3.13. The van der Waals surface area contributed by atoms with E-state index in [1.807, 2.05) is 4.90 Å². The predicted molar refractivity (Wildman–Crippen MR) is 126 cm³/mol. The van der Waals surface area contributed by atoms with Gasteiger partial charge in [-0.15, -0.1) is 0 Å². The van der Waals surface area contributed by atoms with Crippen LogP contribution in [0.1, 0.15) is 30.9 Å². The summed E-state index contributed by atoms with van der Waals surface area (Å²) in [7, 11) is -3.24. The number of rotatable bonds is 5. The van der Waals surface area contributed by atoms with Crippen molar-refractivity contribution in [3.63, 3.8) is 0 Å². The van der Waals surface area contributed by atoms with Crippen LogP contribution in [0.25, 0.3) is 10.2 Å². The van der Waals surface area contributed by atoms with Gasteiger partial charge in [0, 0.05) is 32.4 Å². The van der Waals surface area contributed by atoms with Gasteiger partial charge in [-0.05, 0) is 35.2 Å². The maximum absolute atomic E-state index is 12.7. The second-order valence-electron chi connectivity index (χ2n) is 8.34. The van der Waals surface area contributed by atoms with Gasteiger partial charge >= 0.3 is 0 Å². The van der Waals surface area contributed by atoms with E-state index in [0.29, 0.717) is 30.3 Å². The number of nitrogens with zero attached hydrogens (tertiary/aromatic N) is 3. The number of sulfone groups is 1. The van der Waals surface area contributed by atoms with Crippen LogP contribution < -0.4 is 4.90 Å². The van der Waals surface area contributed by atoms with Crippen molar-refractivity contribution in [2.45, 2.75) is 31.1 Å². The van der Waals surface area contributed by atoms with Crippen molar-refractivity contribution in [3.8, 4) is 0 Å². The summed E-state index contributed by atoms with van der Waals surface area (Å²) in [4.78, 5) is 21.8. The number of fused-ring (bicyclic) bond motifs is 1. The van der Waals surface area contributed by atoms with Crippen molar-refractivity contribution in [1.82, 2.24) is 9.88 Å². The van der Waals surface area contributed by atoms with E-state index in [4.69, 9.17) is 0 Å². The number of thiazole rings is 1. The Bertz CT molecular complexity index is 1190. The van der Waals surface area contributed by atoms with Gasteiger partial charge < -0.3 is 9.80 Å². The van der Waals surface area contributed by atoms with E-state index in [9.17, 15) is 13.2 Å². The van der Waals surface area contributed by atoms with E-state index in [1.54, 1.807) is 18.2 Å². The fourth-order valence-corrected chi connectivity index (χ4v) is 5.49. The molecule has 3 aromatic rings. The van der Waals surface area contributed by atoms with Gasteiger partial charge in [0.15, 0.2) is 15.0 Å². The largest absolute Gasteiger partial charge is 0.345 e. The molecule has 1 amide bonds. The molecule has 164 valence electrons. The fraction of sp³-hybridized carbons (Fsp3) is 0.391. The predicted octanol–water partition coefficient (Wildman–Crippen LogP) is 3.71. The second-order valence-corrected chi connectivity index (χ2v) is 11.4. The van der Waals surface area contributed by atoms with Gasteiger partial charge in [0.25, 0.3) is 0 Å². The first-order valence-electron chi connectivity index (χ1n) is 10.4. The lowest BCUT2D eigenvalue weighted by atomic mass is 10.0. The molecule has 0 atom stereocenters. The molecule has 1 aliphatic rings. The Kier molecular flexibility index (Phi) is 6.03. The summed E-state index contributed by atoms with van der Waals surface area (Å²) < 4.78 is 24.5. The van der Waals surface area contributed by atoms with E-state index in [1.165, 1.54) is 23.2 Å². The topological polar surface area (TPSA) is 70.6 Å². The van der Waals surface area contributed by atoms with Crippen LogP contribution in [0.2, 0.25) is 0 Å². The number of piperazine rings is 1. The van der Waals surface area contributed by atoms with Crippen molar-refractivity contribution >= 4 is 42.4 Å². The minimum absolute atomic E-state index is 0.152. The molecule has 0 aliphatic carbocycles. The van der Waals surface area contributed by atoms with E-state index in [0.717, 1.165) is 34.0 Å². The average Bonchev–Trinajstić information content (AvgIpc) is 3.17. The van der Waals surface area contributed by atoms with Crippen molar-refractivity contribution in [2.24, 2.45) is 0 Å². The van der Waals surface area contributed by atoms with Crippen molar-refractivity contribution in [1.29, 1.82) is 0 Å². The number of anilines is 1. The molecule has 8 heteroatoms. The maximum atomic E-state index is 12.7. The lowest BCUT2D eigenvalue weighted by molar-refractivity contribution is -0.130. The quantitative estimate of drug-likeness (QED) is 0.584. The number of hydrogen-bond donors (Lipinski definition) is 0. The number of hydrogen-bond acceptors (Lipinski definition) is 6. The smallest absolute Gasteiger partial charge is 0.227 e. The first-order valence-corrected chi connectivity index (χ1v) is 13.1. The maximum Gasteiger partial charge on any atom is 0.227 e. The molecule has 0 saturated carbocycles. The highest BCUT2D eigenvalue weighted by molar-refractivity contribution is 7.90. The summed E-state index contributed by atoms with van der Waals surface area (Å²) in [5.74, 6) is 0.636. The zero-order valence-corrected chi connectivity index (χ0v) is 19.7. The molecular formula is C23H27N3O3S2. The first kappa shape index (κ1) is 21.8. The summed E-state index contributed by atoms with van der Waals surface area (Å²) in [5, 5.41) is 0.872. The highest BCUT2D eigenvalue weighted by Gasteiger charge is 2.23. The van der Waals surface area contributed by atoms with Gasteiger partial charge in [-0.1, -0.05) is 49.4 Å². The van der Waals surface area contributed by atoms with Crippen LogP contribution in [0, 0.1) is 0 Å². The van der Waals surface area contributed by atoms with Gasteiger partial charge in [0.2, 0.25) is 5.91 Å². The van der Waals surface area contributed by atoms with Crippen molar-refractivity contribution in [3.05, 3.63) is 53.6 Å². The number of benzene rings is 2. The van der Waals surface area contributed by atoms with Gasteiger partial charge in [0.05, 0.1) is 21.5 Å². The number of aromatic nitrogens is 1. The molecule has 2 heterocycles. The molecule has 1 aliphatic heterocycles. The average molecular weight is 458 g/mol. The Hall–Kier alpha value is -2.45.